The summed E-state index contributed by atoms with van der Waals surface area (Å²) in [5.74, 6) is 0.758. The summed E-state index contributed by atoms with van der Waals surface area (Å²) in [5, 5.41) is 8.85. The summed E-state index contributed by atoms with van der Waals surface area (Å²) in [6.45, 7) is 3.22. The number of hydrogen-bond acceptors (Lipinski definition) is 6. The van der Waals surface area contributed by atoms with Crippen LogP contribution in [-0.4, -0.2) is 47.0 Å². The van der Waals surface area contributed by atoms with E-state index >= 15 is 0 Å². The number of aromatic nitrogens is 2. The number of carbonyl (C=O) groups excluding carboxylic acids is 1. The van der Waals surface area contributed by atoms with Gasteiger partial charge in [-0.05, 0) is 42.2 Å². The zero-order chi connectivity index (χ0) is 20.8. The van der Waals surface area contributed by atoms with Crippen LogP contribution in [-0.2, 0) is 6.42 Å². The number of thiophene rings is 1. The van der Waals surface area contributed by atoms with Crippen molar-refractivity contribution in [1.29, 1.82) is 0 Å². The van der Waals surface area contributed by atoms with Crippen LogP contribution >= 0.6 is 11.3 Å². The number of benzene rings is 2. The Hall–Kier alpha value is -3.03. The molecular weight excluding hydrogens is 406 g/mol. The summed E-state index contributed by atoms with van der Waals surface area (Å²) in [7, 11) is 0. The third kappa shape index (κ3) is 3.34. The molecule has 2 N–H and O–H groups in total. The second kappa shape index (κ2) is 7.59. The topological polar surface area (TPSA) is 70.2 Å². The third-order valence-corrected chi connectivity index (χ3v) is 7.39. The van der Waals surface area contributed by atoms with Crippen molar-refractivity contribution < 1.29 is 4.79 Å². The summed E-state index contributed by atoms with van der Waals surface area (Å²) in [4.78, 5) is 25.1. The van der Waals surface area contributed by atoms with Crippen molar-refractivity contribution in [2.24, 2.45) is 0 Å². The van der Waals surface area contributed by atoms with E-state index in [1.165, 1.54) is 11.1 Å². The Labute approximate surface area is 184 Å². The molecule has 1 aliphatic heterocycles. The molecule has 1 aliphatic carbocycles. The molecule has 2 aromatic heterocycles. The van der Waals surface area contributed by atoms with Crippen molar-refractivity contribution in [2.75, 3.05) is 31.5 Å². The molecule has 2 aromatic carbocycles. The number of fused-ring (bicyclic) bond motifs is 4. The molecule has 0 radical (unpaired) electrons. The van der Waals surface area contributed by atoms with E-state index in [0.717, 1.165) is 64.9 Å². The quantitative estimate of drug-likeness (QED) is 0.515. The molecule has 6 rings (SSSR count). The molecule has 0 unspecified atom stereocenters. The van der Waals surface area contributed by atoms with E-state index in [1.54, 1.807) is 11.3 Å². The van der Waals surface area contributed by atoms with Gasteiger partial charge in [-0.3, -0.25) is 4.79 Å². The summed E-state index contributed by atoms with van der Waals surface area (Å²) in [6, 6.07) is 14.9. The van der Waals surface area contributed by atoms with Crippen LogP contribution in [0.4, 0.5) is 5.95 Å². The molecule has 2 aliphatic rings. The molecule has 156 valence electrons. The summed E-state index contributed by atoms with van der Waals surface area (Å²) in [5.41, 5.74) is 3.64. The van der Waals surface area contributed by atoms with E-state index in [2.05, 4.69) is 45.9 Å². The Morgan fingerprint density at radius 3 is 2.94 bits per heavy atom. The molecule has 31 heavy (non-hydrogen) atoms. The Kier molecular flexibility index (Phi) is 4.58. The fraction of sp³-hybridized carbons (Fsp3) is 0.292. The van der Waals surface area contributed by atoms with E-state index in [-0.39, 0.29) is 11.9 Å². The molecule has 0 spiro atoms. The van der Waals surface area contributed by atoms with Gasteiger partial charge < -0.3 is 15.5 Å². The maximum atomic E-state index is 13.0. The average Bonchev–Trinajstić information content (AvgIpc) is 3.44. The van der Waals surface area contributed by atoms with Gasteiger partial charge in [0.2, 0.25) is 5.95 Å². The maximum absolute atomic E-state index is 13.0. The van der Waals surface area contributed by atoms with Gasteiger partial charge in [-0.1, -0.05) is 24.3 Å². The van der Waals surface area contributed by atoms with Crippen LogP contribution < -0.4 is 10.6 Å². The first-order valence-corrected chi connectivity index (χ1v) is 11.6. The lowest BCUT2D eigenvalue weighted by atomic mass is 10.1. The fourth-order valence-electron chi connectivity index (χ4n) is 4.67. The van der Waals surface area contributed by atoms with E-state index < -0.39 is 0 Å². The highest BCUT2D eigenvalue weighted by molar-refractivity contribution is 7.21. The fourth-order valence-corrected chi connectivity index (χ4v) is 5.70. The van der Waals surface area contributed by atoms with Gasteiger partial charge in [0.05, 0.1) is 16.4 Å². The molecule has 6 nitrogen and oxygen atoms in total. The van der Waals surface area contributed by atoms with Crippen LogP contribution in [0, 0.1) is 0 Å². The maximum Gasteiger partial charge on any atom is 0.264 e. The van der Waals surface area contributed by atoms with Crippen LogP contribution in [0.1, 0.15) is 33.3 Å². The van der Waals surface area contributed by atoms with Gasteiger partial charge in [0.25, 0.3) is 5.91 Å². The molecule has 7 heteroatoms. The van der Waals surface area contributed by atoms with Crippen molar-refractivity contribution in [3.63, 3.8) is 0 Å². The highest BCUT2D eigenvalue weighted by Crippen LogP contribution is 2.35. The minimum Gasteiger partial charge on any atom is -0.347 e. The van der Waals surface area contributed by atoms with E-state index in [4.69, 9.17) is 4.98 Å². The highest BCUT2D eigenvalue weighted by Gasteiger charge is 2.23. The largest absolute Gasteiger partial charge is 0.347 e. The standard InChI is InChI=1S/C24H23N5OS/c30-23(29-11-9-25-10-12-29)21-13-18-20(31-21)8-6-16-14-26-24(28-22(16)18)27-19-7-5-15-3-1-2-4-17(15)19/h1-4,6,8,13-14,19,25H,5,7,9-12H2,(H,26,27,28)/t19-/m1/s1. The number of rotatable bonds is 3. The van der Waals surface area contributed by atoms with Crippen molar-refractivity contribution in [3.8, 4) is 0 Å². The smallest absolute Gasteiger partial charge is 0.264 e. The minimum absolute atomic E-state index is 0.116. The molecule has 0 bridgehead atoms. The van der Waals surface area contributed by atoms with Crippen molar-refractivity contribution in [1.82, 2.24) is 20.2 Å². The highest BCUT2D eigenvalue weighted by atomic mass is 32.1. The second-order valence-corrected chi connectivity index (χ2v) is 9.28. The Bertz CT molecular complexity index is 1290. The first kappa shape index (κ1) is 18.7. The molecule has 1 amide bonds. The zero-order valence-corrected chi connectivity index (χ0v) is 17.9. The Morgan fingerprint density at radius 1 is 1.16 bits per heavy atom. The van der Waals surface area contributed by atoms with Crippen molar-refractivity contribution in [2.45, 2.75) is 18.9 Å². The number of aryl methyl sites for hydroxylation is 1. The van der Waals surface area contributed by atoms with Crippen molar-refractivity contribution >= 4 is 44.2 Å². The van der Waals surface area contributed by atoms with E-state index in [9.17, 15) is 4.79 Å². The molecule has 0 saturated carbocycles. The van der Waals surface area contributed by atoms with Crippen LogP contribution in [0.3, 0.4) is 0 Å². The van der Waals surface area contributed by atoms with Crippen LogP contribution in [0.15, 0.2) is 48.7 Å². The van der Waals surface area contributed by atoms with Gasteiger partial charge >= 0.3 is 0 Å². The van der Waals surface area contributed by atoms with Crippen molar-refractivity contribution in [3.05, 3.63) is 64.7 Å². The monoisotopic (exact) mass is 429 g/mol. The van der Waals surface area contributed by atoms with Crippen LogP contribution in [0.2, 0.25) is 0 Å². The predicted octanol–water partition coefficient (Wildman–Crippen LogP) is 3.99. The first-order chi connectivity index (χ1) is 15.3. The molecule has 1 saturated heterocycles. The van der Waals surface area contributed by atoms with Gasteiger partial charge in [0, 0.05) is 47.8 Å². The van der Waals surface area contributed by atoms with Crippen LogP contribution in [0.5, 0.6) is 0 Å². The zero-order valence-electron chi connectivity index (χ0n) is 17.1. The molecule has 1 atom stereocenters. The third-order valence-electron chi connectivity index (χ3n) is 6.30. The minimum atomic E-state index is 0.116. The first-order valence-electron chi connectivity index (χ1n) is 10.8. The summed E-state index contributed by atoms with van der Waals surface area (Å²) in [6.07, 6.45) is 4.00. The number of amides is 1. The van der Waals surface area contributed by atoms with Gasteiger partial charge in [-0.25, -0.2) is 9.97 Å². The molecule has 1 fully saturated rings. The predicted molar refractivity (Wildman–Crippen MR) is 125 cm³/mol. The number of hydrogen-bond donors (Lipinski definition) is 2. The summed E-state index contributed by atoms with van der Waals surface area (Å²) >= 11 is 1.55. The summed E-state index contributed by atoms with van der Waals surface area (Å²) < 4.78 is 1.09. The van der Waals surface area contributed by atoms with E-state index in [0.29, 0.717) is 5.95 Å². The van der Waals surface area contributed by atoms with Gasteiger partial charge in [0.1, 0.15) is 0 Å². The SMILES string of the molecule is O=C(c1cc2c(ccc3cnc(N[C@@H]4CCc5ccccc54)nc32)s1)N1CCNCC1. The average molecular weight is 430 g/mol. The number of nitrogens with one attached hydrogen (secondary N) is 2. The Morgan fingerprint density at radius 2 is 2.03 bits per heavy atom. The lowest BCUT2D eigenvalue weighted by Crippen LogP contribution is -2.46. The van der Waals surface area contributed by atoms with Gasteiger partial charge in [-0.2, -0.15) is 0 Å². The molecule has 4 aromatic rings. The second-order valence-electron chi connectivity index (χ2n) is 8.20. The number of carbonyl (C=O) groups is 1. The van der Waals surface area contributed by atoms with Gasteiger partial charge in [0.15, 0.2) is 0 Å². The van der Waals surface area contributed by atoms with E-state index in [1.807, 2.05) is 23.2 Å². The number of nitrogens with zero attached hydrogens (tertiary/aromatic N) is 3. The lowest BCUT2D eigenvalue weighted by molar-refractivity contribution is 0.0741. The molecular formula is C24H23N5OS. The lowest BCUT2D eigenvalue weighted by Gasteiger charge is -2.26. The number of piperazine rings is 1. The molecule has 3 heterocycles. The van der Waals surface area contributed by atoms with Gasteiger partial charge in [-0.15, -0.1) is 11.3 Å². The normalized spacial score (nSPS) is 18.5. The Balaban J connectivity index is 1.34. The van der Waals surface area contributed by atoms with Crippen LogP contribution in [0.25, 0.3) is 21.0 Å². The number of anilines is 1.